The van der Waals surface area contributed by atoms with Crippen LogP contribution in [0.4, 0.5) is 0 Å². The summed E-state index contributed by atoms with van der Waals surface area (Å²) in [6.07, 6.45) is 4.10. The number of thiocarbonyl (C=S) groups is 1. The van der Waals surface area contributed by atoms with Gasteiger partial charge in [-0.05, 0) is 30.5 Å². The van der Waals surface area contributed by atoms with E-state index in [-0.39, 0.29) is 0 Å². The largest absolute Gasteiger partial charge is 0.350 e. The lowest BCUT2D eigenvalue weighted by molar-refractivity contribution is 0.0696. The highest BCUT2D eigenvalue weighted by atomic mass is 32.1. The van der Waals surface area contributed by atoms with Crippen molar-refractivity contribution in [2.45, 2.75) is 39.2 Å². The van der Waals surface area contributed by atoms with Crippen molar-refractivity contribution in [3.8, 4) is 0 Å². The molecule has 1 aliphatic carbocycles. The summed E-state index contributed by atoms with van der Waals surface area (Å²) < 4.78 is 0. The standard InChI is InChI=1S/C11H21N3S/c1-8-4-3-5-10(9(8)2)14-6-12-11(15)13-7-14/h8-10H,3-7H2,1-2H3,(H2,12,13,15). The predicted octanol–water partition coefficient (Wildman–Crippen LogP) is 1.51. The van der Waals surface area contributed by atoms with Gasteiger partial charge in [0, 0.05) is 6.04 Å². The lowest BCUT2D eigenvalue weighted by atomic mass is 9.77. The Morgan fingerprint density at radius 1 is 1.20 bits per heavy atom. The molecule has 0 bridgehead atoms. The van der Waals surface area contributed by atoms with Crippen LogP contribution in [0.5, 0.6) is 0 Å². The van der Waals surface area contributed by atoms with Crippen molar-refractivity contribution in [2.24, 2.45) is 11.8 Å². The monoisotopic (exact) mass is 227 g/mol. The second-order valence-electron chi connectivity index (χ2n) is 4.92. The van der Waals surface area contributed by atoms with E-state index in [2.05, 4.69) is 29.4 Å². The highest BCUT2D eigenvalue weighted by Gasteiger charge is 2.32. The van der Waals surface area contributed by atoms with Crippen molar-refractivity contribution >= 4 is 17.3 Å². The van der Waals surface area contributed by atoms with Crippen molar-refractivity contribution in [3.63, 3.8) is 0 Å². The van der Waals surface area contributed by atoms with E-state index in [1.54, 1.807) is 0 Å². The Labute approximate surface area is 97.6 Å². The molecule has 4 heteroatoms. The molecule has 3 unspecified atom stereocenters. The molecule has 1 aliphatic heterocycles. The normalized spacial score (nSPS) is 38.3. The Kier molecular flexibility index (Phi) is 3.46. The van der Waals surface area contributed by atoms with E-state index in [0.29, 0.717) is 0 Å². The van der Waals surface area contributed by atoms with Gasteiger partial charge in [-0.25, -0.2) is 0 Å². The molecular formula is C11H21N3S. The van der Waals surface area contributed by atoms with Crippen molar-refractivity contribution in [1.82, 2.24) is 15.5 Å². The van der Waals surface area contributed by atoms with Crippen LogP contribution in [0.15, 0.2) is 0 Å². The van der Waals surface area contributed by atoms with Crippen molar-refractivity contribution in [3.05, 3.63) is 0 Å². The summed E-state index contributed by atoms with van der Waals surface area (Å²) in [6, 6.07) is 0.719. The van der Waals surface area contributed by atoms with E-state index < -0.39 is 0 Å². The molecule has 15 heavy (non-hydrogen) atoms. The number of nitrogens with zero attached hydrogens (tertiary/aromatic N) is 1. The molecule has 1 saturated carbocycles. The molecule has 0 aromatic heterocycles. The van der Waals surface area contributed by atoms with Gasteiger partial charge >= 0.3 is 0 Å². The van der Waals surface area contributed by atoms with Crippen LogP contribution < -0.4 is 10.6 Å². The molecule has 3 atom stereocenters. The van der Waals surface area contributed by atoms with Gasteiger partial charge in [0.1, 0.15) is 0 Å². The summed E-state index contributed by atoms with van der Waals surface area (Å²) in [6.45, 7) is 6.59. The third kappa shape index (κ3) is 2.42. The van der Waals surface area contributed by atoms with Gasteiger partial charge in [0.25, 0.3) is 0 Å². The summed E-state index contributed by atoms with van der Waals surface area (Å²) in [7, 11) is 0. The van der Waals surface area contributed by atoms with Crippen molar-refractivity contribution in [1.29, 1.82) is 0 Å². The van der Waals surface area contributed by atoms with Crippen LogP contribution in [0, 0.1) is 11.8 Å². The van der Waals surface area contributed by atoms with Gasteiger partial charge in [0.2, 0.25) is 0 Å². The zero-order valence-electron chi connectivity index (χ0n) is 9.62. The van der Waals surface area contributed by atoms with Gasteiger partial charge in [0.15, 0.2) is 5.11 Å². The molecule has 86 valence electrons. The first kappa shape index (κ1) is 11.1. The van der Waals surface area contributed by atoms with E-state index >= 15 is 0 Å². The predicted molar refractivity (Wildman–Crippen MR) is 66.4 cm³/mol. The fourth-order valence-electron chi connectivity index (χ4n) is 2.77. The quantitative estimate of drug-likeness (QED) is 0.664. The minimum absolute atomic E-state index is 0.719. The summed E-state index contributed by atoms with van der Waals surface area (Å²) in [5.41, 5.74) is 0. The van der Waals surface area contributed by atoms with Crippen LogP contribution >= 0.6 is 12.2 Å². The maximum atomic E-state index is 5.06. The van der Waals surface area contributed by atoms with Crippen LogP contribution in [-0.2, 0) is 0 Å². The first-order valence-corrected chi connectivity index (χ1v) is 6.35. The van der Waals surface area contributed by atoms with E-state index in [9.17, 15) is 0 Å². The lowest BCUT2D eigenvalue weighted by Crippen LogP contribution is -2.59. The third-order valence-corrected chi connectivity index (χ3v) is 4.31. The number of rotatable bonds is 1. The second kappa shape index (κ2) is 4.66. The summed E-state index contributed by atoms with van der Waals surface area (Å²) >= 11 is 5.06. The molecule has 0 amide bonds. The molecule has 1 saturated heterocycles. The highest BCUT2D eigenvalue weighted by molar-refractivity contribution is 7.80. The number of hydrogen-bond donors (Lipinski definition) is 2. The lowest BCUT2D eigenvalue weighted by Gasteiger charge is -2.43. The average Bonchev–Trinajstić information content (AvgIpc) is 2.24. The zero-order valence-corrected chi connectivity index (χ0v) is 10.4. The van der Waals surface area contributed by atoms with Crippen molar-refractivity contribution in [2.75, 3.05) is 13.3 Å². The maximum Gasteiger partial charge on any atom is 0.168 e. The third-order valence-electron chi connectivity index (χ3n) is 4.02. The van der Waals surface area contributed by atoms with E-state index in [4.69, 9.17) is 12.2 Å². The smallest absolute Gasteiger partial charge is 0.168 e. The molecule has 2 aliphatic rings. The van der Waals surface area contributed by atoms with Crippen LogP contribution in [-0.4, -0.2) is 29.4 Å². The van der Waals surface area contributed by atoms with Crippen LogP contribution in [0.3, 0.4) is 0 Å². The first-order chi connectivity index (χ1) is 7.18. The summed E-state index contributed by atoms with van der Waals surface area (Å²) in [4.78, 5) is 2.48. The topological polar surface area (TPSA) is 27.3 Å². The highest BCUT2D eigenvalue weighted by Crippen LogP contribution is 2.32. The summed E-state index contributed by atoms with van der Waals surface area (Å²) in [5.74, 6) is 1.66. The van der Waals surface area contributed by atoms with E-state index in [0.717, 1.165) is 36.3 Å². The molecule has 1 heterocycles. The minimum Gasteiger partial charge on any atom is -0.350 e. The molecule has 2 N–H and O–H groups in total. The van der Waals surface area contributed by atoms with Crippen LogP contribution in [0.25, 0.3) is 0 Å². The molecular weight excluding hydrogens is 206 g/mol. The fraction of sp³-hybridized carbons (Fsp3) is 0.909. The summed E-state index contributed by atoms with van der Waals surface area (Å²) in [5, 5.41) is 7.22. The fourth-order valence-corrected chi connectivity index (χ4v) is 2.90. The molecule has 2 fully saturated rings. The van der Waals surface area contributed by atoms with E-state index in [1.165, 1.54) is 19.3 Å². The van der Waals surface area contributed by atoms with Gasteiger partial charge in [-0.2, -0.15) is 0 Å². The van der Waals surface area contributed by atoms with Crippen molar-refractivity contribution < 1.29 is 0 Å². The Morgan fingerprint density at radius 3 is 2.53 bits per heavy atom. The van der Waals surface area contributed by atoms with Gasteiger partial charge in [-0.15, -0.1) is 0 Å². The first-order valence-electron chi connectivity index (χ1n) is 5.94. The number of nitrogens with one attached hydrogen (secondary N) is 2. The Hall–Kier alpha value is -0.350. The molecule has 0 aromatic rings. The second-order valence-corrected chi connectivity index (χ2v) is 5.33. The Balaban J connectivity index is 1.94. The Bertz CT molecular complexity index is 234. The molecule has 0 aromatic carbocycles. The average molecular weight is 227 g/mol. The Morgan fingerprint density at radius 2 is 1.87 bits per heavy atom. The molecule has 0 radical (unpaired) electrons. The van der Waals surface area contributed by atoms with Gasteiger partial charge in [-0.3, -0.25) is 4.90 Å². The zero-order chi connectivity index (χ0) is 10.8. The SMILES string of the molecule is CC1CCCC(N2CNC(=S)NC2)C1C. The minimum atomic E-state index is 0.719. The molecule has 3 nitrogen and oxygen atoms in total. The van der Waals surface area contributed by atoms with Gasteiger partial charge < -0.3 is 10.6 Å². The van der Waals surface area contributed by atoms with Gasteiger partial charge in [-0.1, -0.05) is 26.7 Å². The van der Waals surface area contributed by atoms with Crippen LogP contribution in [0.1, 0.15) is 33.1 Å². The molecule has 2 rings (SSSR count). The van der Waals surface area contributed by atoms with Gasteiger partial charge in [0.05, 0.1) is 13.3 Å². The van der Waals surface area contributed by atoms with Crippen LogP contribution in [0.2, 0.25) is 0 Å². The van der Waals surface area contributed by atoms with E-state index in [1.807, 2.05) is 0 Å². The number of hydrogen-bond acceptors (Lipinski definition) is 2. The molecule has 0 spiro atoms. The maximum absolute atomic E-state index is 5.06.